The largest absolute Gasteiger partial charge is 0.357 e. The third kappa shape index (κ3) is 4.72. The number of hydrogen-bond donors (Lipinski definition) is 1. The van der Waals surface area contributed by atoms with Gasteiger partial charge in [0.25, 0.3) is 0 Å². The Bertz CT molecular complexity index is 830. The van der Waals surface area contributed by atoms with Gasteiger partial charge in [-0.3, -0.25) is 9.67 Å². The van der Waals surface area contributed by atoms with Crippen molar-refractivity contribution in [2.45, 2.75) is 37.5 Å². The number of aliphatic imine (C=N–C) groups is 1. The summed E-state index contributed by atoms with van der Waals surface area (Å²) in [6.07, 6.45) is 7.76. The van der Waals surface area contributed by atoms with Gasteiger partial charge >= 0.3 is 0 Å². The third-order valence-corrected chi connectivity index (χ3v) is 6.33. The molecule has 1 aromatic carbocycles. The molecule has 2 heterocycles. The van der Waals surface area contributed by atoms with Crippen molar-refractivity contribution in [2.24, 2.45) is 12.0 Å². The zero-order valence-electron chi connectivity index (χ0n) is 16.6. The molecule has 4 rings (SSSR count). The van der Waals surface area contributed by atoms with E-state index in [9.17, 15) is 0 Å². The fourth-order valence-electron chi connectivity index (χ4n) is 4.04. The first-order valence-electron chi connectivity index (χ1n) is 9.87. The van der Waals surface area contributed by atoms with Crippen LogP contribution < -0.4 is 5.32 Å². The lowest BCUT2D eigenvalue weighted by Crippen LogP contribution is -2.40. The molecule has 7 heteroatoms. The van der Waals surface area contributed by atoms with Crippen LogP contribution in [-0.4, -0.2) is 46.8 Å². The molecular weight excluding hydrogens is 529 g/mol. The van der Waals surface area contributed by atoms with Crippen LogP contribution in [0.4, 0.5) is 0 Å². The predicted octanol–water partition coefficient (Wildman–Crippen LogP) is 4.29. The van der Waals surface area contributed by atoms with Gasteiger partial charge < -0.3 is 10.2 Å². The molecule has 1 aliphatic carbocycles. The maximum absolute atomic E-state index is 5.06. The van der Waals surface area contributed by atoms with Gasteiger partial charge in [0, 0.05) is 48.7 Å². The minimum Gasteiger partial charge on any atom is -0.357 e. The highest BCUT2D eigenvalue weighted by molar-refractivity contribution is 14.0. The van der Waals surface area contributed by atoms with Gasteiger partial charge in [0.2, 0.25) is 0 Å². The van der Waals surface area contributed by atoms with Crippen molar-refractivity contribution >= 4 is 45.9 Å². The average molecular weight is 558 g/mol. The Morgan fingerprint density at radius 1 is 1.39 bits per heavy atom. The molecule has 1 N–H and O–H groups in total. The molecule has 0 radical (unpaired) electrons. The van der Waals surface area contributed by atoms with Gasteiger partial charge in [-0.25, -0.2) is 0 Å². The summed E-state index contributed by atoms with van der Waals surface area (Å²) in [7, 11) is 1.98. The van der Waals surface area contributed by atoms with Crippen LogP contribution >= 0.6 is 39.9 Å². The van der Waals surface area contributed by atoms with Crippen LogP contribution in [0.1, 0.15) is 43.2 Å². The third-order valence-electron chi connectivity index (χ3n) is 5.84. The minimum absolute atomic E-state index is 0. The summed E-state index contributed by atoms with van der Waals surface area (Å²) in [5.41, 5.74) is 2.97. The van der Waals surface area contributed by atoms with Gasteiger partial charge in [0.15, 0.2) is 5.96 Å². The highest BCUT2D eigenvalue weighted by Crippen LogP contribution is 2.49. The standard InChI is InChI=1S/C21H28BrN5.HI/c1-3-23-20(27-10-7-16(14-27)17-12-25-26(2)13-17)24-15-21(8-9-21)18-5-4-6-19(22)11-18;/h4-6,11-13,16H,3,7-10,14-15H2,1-2H3,(H,23,24);1H. The first-order chi connectivity index (χ1) is 13.1. The van der Waals surface area contributed by atoms with E-state index in [4.69, 9.17) is 4.99 Å². The van der Waals surface area contributed by atoms with Gasteiger partial charge in [-0.15, -0.1) is 24.0 Å². The second kappa shape index (κ2) is 9.15. The van der Waals surface area contributed by atoms with Crippen LogP contribution in [0.3, 0.4) is 0 Å². The number of likely N-dealkylation sites (tertiary alicyclic amines) is 1. The highest BCUT2D eigenvalue weighted by atomic mass is 127. The Morgan fingerprint density at radius 2 is 2.21 bits per heavy atom. The molecule has 0 bridgehead atoms. The lowest BCUT2D eigenvalue weighted by Gasteiger charge is -2.23. The molecule has 2 aromatic rings. The molecular formula is C21H29BrIN5. The van der Waals surface area contributed by atoms with Crippen molar-refractivity contribution in [3.05, 3.63) is 52.3 Å². The topological polar surface area (TPSA) is 45.5 Å². The van der Waals surface area contributed by atoms with E-state index >= 15 is 0 Å². The summed E-state index contributed by atoms with van der Waals surface area (Å²) in [5, 5.41) is 7.84. The van der Waals surface area contributed by atoms with Gasteiger partial charge in [0.1, 0.15) is 0 Å². The molecule has 1 saturated heterocycles. The molecule has 1 aliphatic heterocycles. The van der Waals surface area contributed by atoms with Gasteiger partial charge in [-0.1, -0.05) is 28.1 Å². The maximum atomic E-state index is 5.06. The van der Waals surface area contributed by atoms with E-state index in [2.05, 4.69) is 68.6 Å². The van der Waals surface area contributed by atoms with Crippen LogP contribution in [0.2, 0.25) is 0 Å². The van der Waals surface area contributed by atoms with E-state index < -0.39 is 0 Å². The first-order valence-corrected chi connectivity index (χ1v) is 10.7. The zero-order chi connectivity index (χ0) is 18.9. The molecule has 0 amide bonds. The summed E-state index contributed by atoms with van der Waals surface area (Å²) in [6.45, 7) is 5.97. The molecule has 28 heavy (non-hydrogen) atoms. The summed E-state index contributed by atoms with van der Waals surface area (Å²) in [5.74, 6) is 1.60. The van der Waals surface area contributed by atoms with E-state index in [1.54, 1.807) is 0 Å². The molecule has 0 spiro atoms. The van der Waals surface area contributed by atoms with E-state index in [1.165, 1.54) is 24.0 Å². The van der Waals surface area contributed by atoms with Crippen LogP contribution in [0.25, 0.3) is 0 Å². The molecule has 1 unspecified atom stereocenters. The number of rotatable bonds is 5. The number of nitrogens with one attached hydrogen (secondary N) is 1. The first kappa shape index (κ1) is 21.6. The fourth-order valence-corrected chi connectivity index (χ4v) is 4.43. The summed E-state index contributed by atoms with van der Waals surface area (Å²) in [6, 6.07) is 8.72. The van der Waals surface area contributed by atoms with Crippen LogP contribution in [0.5, 0.6) is 0 Å². The van der Waals surface area contributed by atoms with Gasteiger partial charge in [-0.2, -0.15) is 5.10 Å². The normalized spacial score (nSPS) is 20.8. The minimum atomic E-state index is 0. The van der Waals surface area contributed by atoms with E-state index in [1.807, 2.05) is 17.9 Å². The fraction of sp³-hybridized carbons (Fsp3) is 0.524. The van der Waals surface area contributed by atoms with Crippen molar-refractivity contribution in [3.8, 4) is 0 Å². The van der Waals surface area contributed by atoms with Gasteiger partial charge in [-0.05, 0) is 49.4 Å². The number of guanidine groups is 1. The van der Waals surface area contributed by atoms with E-state index in [0.717, 1.165) is 43.0 Å². The number of hydrogen-bond acceptors (Lipinski definition) is 2. The smallest absolute Gasteiger partial charge is 0.193 e. The van der Waals surface area contributed by atoms with E-state index in [0.29, 0.717) is 5.92 Å². The Morgan fingerprint density at radius 3 is 2.86 bits per heavy atom. The molecule has 1 saturated carbocycles. The number of aromatic nitrogens is 2. The number of nitrogens with zero attached hydrogens (tertiary/aromatic N) is 4. The number of benzene rings is 1. The quantitative estimate of drug-likeness (QED) is 0.339. The SMILES string of the molecule is CCNC(=NCC1(c2cccc(Br)c2)CC1)N1CCC(c2cnn(C)c2)C1.I. The number of halogens is 2. The van der Waals surface area contributed by atoms with Crippen molar-refractivity contribution in [1.82, 2.24) is 20.0 Å². The number of aryl methyl sites for hydroxylation is 1. The summed E-state index contributed by atoms with van der Waals surface area (Å²) in [4.78, 5) is 7.48. The molecule has 1 atom stereocenters. The van der Waals surface area contributed by atoms with Crippen molar-refractivity contribution < 1.29 is 0 Å². The van der Waals surface area contributed by atoms with Gasteiger partial charge in [0.05, 0.1) is 12.7 Å². The van der Waals surface area contributed by atoms with E-state index in [-0.39, 0.29) is 29.4 Å². The summed E-state index contributed by atoms with van der Waals surface area (Å²) < 4.78 is 3.05. The zero-order valence-corrected chi connectivity index (χ0v) is 20.5. The Hall–Kier alpha value is -1.09. The maximum Gasteiger partial charge on any atom is 0.193 e. The second-order valence-electron chi connectivity index (χ2n) is 7.84. The lowest BCUT2D eigenvalue weighted by molar-refractivity contribution is 0.483. The van der Waals surface area contributed by atoms with Crippen molar-refractivity contribution in [2.75, 3.05) is 26.2 Å². The van der Waals surface area contributed by atoms with Crippen LogP contribution in [0, 0.1) is 0 Å². The van der Waals surface area contributed by atoms with Crippen LogP contribution in [0.15, 0.2) is 46.1 Å². The molecule has 5 nitrogen and oxygen atoms in total. The van der Waals surface area contributed by atoms with Crippen molar-refractivity contribution in [1.29, 1.82) is 0 Å². The molecule has 2 fully saturated rings. The average Bonchev–Trinajstić information content (AvgIpc) is 3.07. The lowest BCUT2D eigenvalue weighted by atomic mass is 9.96. The monoisotopic (exact) mass is 557 g/mol. The molecule has 1 aromatic heterocycles. The Kier molecular flexibility index (Phi) is 7.07. The molecule has 2 aliphatic rings. The summed E-state index contributed by atoms with van der Waals surface area (Å²) >= 11 is 3.61. The predicted molar refractivity (Wildman–Crippen MR) is 129 cm³/mol. The highest BCUT2D eigenvalue weighted by Gasteiger charge is 2.44. The molecule has 152 valence electrons. The van der Waals surface area contributed by atoms with Crippen LogP contribution in [-0.2, 0) is 12.5 Å². The Balaban J connectivity index is 0.00000225. The Labute approximate surface area is 193 Å². The van der Waals surface area contributed by atoms with Crippen molar-refractivity contribution in [3.63, 3.8) is 0 Å². The second-order valence-corrected chi connectivity index (χ2v) is 8.76.